The minimum atomic E-state index is -3.89. The third-order valence-corrected chi connectivity index (χ3v) is 7.56. The van der Waals surface area contributed by atoms with E-state index < -0.39 is 18.3 Å². The van der Waals surface area contributed by atoms with Crippen molar-refractivity contribution in [1.82, 2.24) is 4.57 Å². The molecule has 0 saturated heterocycles. The first-order valence-corrected chi connectivity index (χ1v) is 12.4. The summed E-state index contributed by atoms with van der Waals surface area (Å²) in [6.07, 6.45) is 0.443. The molecule has 0 radical (unpaired) electrons. The molecule has 0 amide bonds. The largest absolute Gasteiger partial charge is 0.378 e. The molecule has 0 fully saturated rings. The predicted molar refractivity (Wildman–Crippen MR) is 130 cm³/mol. The van der Waals surface area contributed by atoms with Crippen LogP contribution in [0.4, 0.5) is 10.1 Å². The van der Waals surface area contributed by atoms with Crippen LogP contribution in [-0.2, 0) is 20.0 Å². The van der Waals surface area contributed by atoms with Crippen LogP contribution in [0.5, 0.6) is 0 Å². The maximum Gasteiger partial charge on any atom is 0.378 e. The number of halogens is 1. The van der Waals surface area contributed by atoms with Crippen LogP contribution in [0.25, 0.3) is 16.5 Å². The fraction of sp³-hybridized carbons (Fsp3) is 0.200. The molecular formula is C25H24FN2O5P. The lowest BCUT2D eigenvalue weighted by Crippen LogP contribution is -2.21. The van der Waals surface area contributed by atoms with E-state index in [9.17, 15) is 19.1 Å². The second-order valence-electron chi connectivity index (χ2n) is 7.56. The number of hydrogen-bond acceptors (Lipinski definition) is 5. The first-order chi connectivity index (χ1) is 16.4. The first-order valence-electron chi connectivity index (χ1n) is 10.9. The summed E-state index contributed by atoms with van der Waals surface area (Å²) in [7, 11) is -3.89. The Bertz CT molecular complexity index is 1360. The Morgan fingerprint density at radius 2 is 1.59 bits per heavy atom. The van der Waals surface area contributed by atoms with Crippen LogP contribution in [0.1, 0.15) is 25.1 Å². The van der Waals surface area contributed by atoms with Crippen molar-refractivity contribution < 1.29 is 22.9 Å². The SMILES string of the molecule is CCOP(=O)(OCC)c1c2cc(F)ccc2c(Cc2ccccc2)n1-c1ccc([N+](=O)[O-])cc1. The highest BCUT2D eigenvalue weighted by Gasteiger charge is 2.36. The first kappa shape index (κ1) is 23.8. The number of nitro benzene ring substituents is 1. The van der Waals surface area contributed by atoms with E-state index in [1.54, 1.807) is 36.6 Å². The highest BCUT2D eigenvalue weighted by Crippen LogP contribution is 2.50. The van der Waals surface area contributed by atoms with Gasteiger partial charge in [-0.15, -0.1) is 0 Å². The number of aromatic nitrogens is 1. The molecule has 3 aromatic carbocycles. The predicted octanol–water partition coefficient (Wildman–Crippen LogP) is 6.16. The molecule has 34 heavy (non-hydrogen) atoms. The molecule has 0 saturated carbocycles. The zero-order valence-corrected chi connectivity index (χ0v) is 19.7. The van der Waals surface area contributed by atoms with Gasteiger partial charge in [0.05, 0.1) is 18.1 Å². The lowest BCUT2D eigenvalue weighted by molar-refractivity contribution is -0.384. The Kier molecular flexibility index (Phi) is 6.93. The summed E-state index contributed by atoms with van der Waals surface area (Å²) < 4.78 is 41.6. The van der Waals surface area contributed by atoms with Crippen LogP contribution in [0.3, 0.4) is 0 Å². The minimum absolute atomic E-state index is 0.0736. The second kappa shape index (κ2) is 9.89. The normalized spacial score (nSPS) is 11.7. The van der Waals surface area contributed by atoms with Crippen LogP contribution in [-0.4, -0.2) is 22.7 Å². The van der Waals surface area contributed by atoms with Crippen molar-refractivity contribution in [2.24, 2.45) is 0 Å². The summed E-state index contributed by atoms with van der Waals surface area (Å²) in [5.74, 6) is -0.486. The zero-order chi connectivity index (χ0) is 24.3. The second-order valence-corrected chi connectivity index (χ2v) is 9.50. The van der Waals surface area contributed by atoms with Gasteiger partial charge in [-0.1, -0.05) is 30.3 Å². The third kappa shape index (κ3) is 4.53. The number of non-ortho nitro benzene ring substituents is 1. The van der Waals surface area contributed by atoms with Crippen molar-refractivity contribution in [3.8, 4) is 5.69 Å². The van der Waals surface area contributed by atoms with Crippen molar-refractivity contribution >= 4 is 29.5 Å². The smallest absolute Gasteiger partial charge is 0.306 e. The molecule has 0 aliphatic rings. The molecule has 0 spiro atoms. The van der Waals surface area contributed by atoms with Gasteiger partial charge in [0.15, 0.2) is 0 Å². The molecule has 1 heterocycles. The Hall–Kier alpha value is -3.32. The third-order valence-electron chi connectivity index (χ3n) is 5.41. The fourth-order valence-corrected chi connectivity index (χ4v) is 6.02. The highest BCUT2D eigenvalue weighted by molar-refractivity contribution is 7.62. The van der Waals surface area contributed by atoms with Gasteiger partial charge in [0.1, 0.15) is 11.3 Å². The molecule has 4 rings (SSSR count). The van der Waals surface area contributed by atoms with E-state index >= 15 is 0 Å². The Morgan fingerprint density at radius 3 is 2.18 bits per heavy atom. The number of nitro groups is 1. The monoisotopic (exact) mass is 482 g/mol. The van der Waals surface area contributed by atoms with Gasteiger partial charge in [0.2, 0.25) is 0 Å². The molecule has 0 N–H and O–H groups in total. The Balaban J connectivity index is 2.08. The van der Waals surface area contributed by atoms with E-state index in [-0.39, 0.29) is 24.3 Å². The minimum Gasteiger partial charge on any atom is -0.306 e. The maximum absolute atomic E-state index is 14.4. The molecule has 0 bridgehead atoms. The van der Waals surface area contributed by atoms with Crippen molar-refractivity contribution in [2.45, 2.75) is 20.3 Å². The van der Waals surface area contributed by atoms with Crippen LogP contribution in [0.15, 0.2) is 72.8 Å². The topological polar surface area (TPSA) is 83.6 Å². The summed E-state index contributed by atoms with van der Waals surface area (Å²) in [5.41, 5.74) is 2.39. The quantitative estimate of drug-likeness (QED) is 0.162. The van der Waals surface area contributed by atoms with Crippen molar-refractivity contribution in [3.05, 3.63) is 100.0 Å². The van der Waals surface area contributed by atoms with Crippen LogP contribution < -0.4 is 5.44 Å². The zero-order valence-electron chi connectivity index (χ0n) is 18.8. The number of nitrogens with zero attached hydrogens (tertiary/aromatic N) is 2. The van der Waals surface area contributed by atoms with Gasteiger partial charge in [-0.05, 0) is 49.7 Å². The van der Waals surface area contributed by atoms with Crippen LogP contribution in [0.2, 0.25) is 0 Å². The number of fused-ring (bicyclic) bond motifs is 1. The van der Waals surface area contributed by atoms with E-state index in [1.165, 1.54) is 24.3 Å². The van der Waals surface area contributed by atoms with E-state index in [4.69, 9.17) is 9.05 Å². The molecule has 176 valence electrons. The molecule has 9 heteroatoms. The van der Waals surface area contributed by atoms with Crippen molar-refractivity contribution in [3.63, 3.8) is 0 Å². The van der Waals surface area contributed by atoms with Crippen molar-refractivity contribution in [2.75, 3.05) is 13.2 Å². The van der Waals surface area contributed by atoms with Gasteiger partial charge in [-0.25, -0.2) is 4.39 Å². The van der Waals surface area contributed by atoms with Crippen LogP contribution in [0, 0.1) is 15.9 Å². The molecule has 7 nitrogen and oxygen atoms in total. The number of rotatable bonds is 9. The van der Waals surface area contributed by atoms with E-state index in [0.717, 1.165) is 11.3 Å². The fourth-order valence-electron chi connectivity index (χ4n) is 4.06. The Labute approximate surface area is 196 Å². The Morgan fingerprint density at radius 1 is 0.941 bits per heavy atom. The van der Waals surface area contributed by atoms with Crippen LogP contribution >= 0.6 is 7.60 Å². The van der Waals surface area contributed by atoms with E-state index in [1.807, 2.05) is 30.3 Å². The molecule has 1 aromatic heterocycles. The molecule has 0 atom stereocenters. The molecule has 0 aliphatic carbocycles. The average molecular weight is 482 g/mol. The summed E-state index contributed by atoms with van der Waals surface area (Å²) >= 11 is 0. The molecular weight excluding hydrogens is 458 g/mol. The highest BCUT2D eigenvalue weighted by atomic mass is 31.2. The van der Waals surface area contributed by atoms with E-state index in [2.05, 4.69) is 0 Å². The van der Waals surface area contributed by atoms with Gasteiger partial charge in [-0.2, -0.15) is 0 Å². The lowest BCUT2D eigenvalue weighted by atomic mass is 10.1. The standard InChI is InChI=1S/C25H24FN2O5P/c1-3-32-34(31,33-4-2)25-23-17-19(26)10-15-22(23)24(16-18-8-6-5-7-9-18)27(25)20-11-13-21(14-12-20)28(29)30/h5-15,17H,3-4,16H2,1-2H3. The summed E-state index contributed by atoms with van der Waals surface area (Å²) in [6.45, 7) is 3.65. The number of hydrogen-bond donors (Lipinski definition) is 0. The maximum atomic E-state index is 14.4. The summed E-state index contributed by atoms with van der Waals surface area (Å²) in [4.78, 5) is 10.7. The van der Waals surface area contributed by atoms with Gasteiger partial charge in [0.25, 0.3) is 5.69 Å². The van der Waals surface area contributed by atoms with Gasteiger partial charge >= 0.3 is 7.60 Å². The van der Waals surface area contributed by atoms with Gasteiger partial charge in [-0.3, -0.25) is 14.7 Å². The molecule has 4 aromatic rings. The lowest BCUT2D eigenvalue weighted by Gasteiger charge is -2.21. The summed E-state index contributed by atoms with van der Waals surface area (Å²) in [6, 6.07) is 19.9. The van der Waals surface area contributed by atoms with Crippen molar-refractivity contribution in [1.29, 1.82) is 0 Å². The average Bonchev–Trinajstić information content (AvgIpc) is 3.14. The van der Waals surface area contributed by atoms with E-state index in [0.29, 0.717) is 22.9 Å². The molecule has 0 aliphatic heterocycles. The van der Waals surface area contributed by atoms with Gasteiger partial charge in [0, 0.05) is 40.7 Å². The molecule has 0 unspecified atom stereocenters. The summed E-state index contributed by atoms with van der Waals surface area (Å²) in [5, 5.41) is 12.3. The number of benzene rings is 3. The van der Waals surface area contributed by atoms with Gasteiger partial charge < -0.3 is 13.6 Å².